The van der Waals surface area contributed by atoms with Crippen molar-refractivity contribution in [3.8, 4) is 6.07 Å². The Bertz CT molecular complexity index is 624. The van der Waals surface area contributed by atoms with Crippen LogP contribution in [0.1, 0.15) is 12.0 Å². The van der Waals surface area contributed by atoms with Gasteiger partial charge in [0.15, 0.2) is 0 Å². The summed E-state index contributed by atoms with van der Waals surface area (Å²) in [6, 6.07) is 6.14. The second-order valence-electron chi connectivity index (χ2n) is 4.51. The second kappa shape index (κ2) is 5.47. The zero-order valence-electron chi connectivity index (χ0n) is 10.2. The van der Waals surface area contributed by atoms with Crippen molar-refractivity contribution in [2.45, 2.75) is 11.3 Å². The van der Waals surface area contributed by atoms with E-state index >= 15 is 0 Å². The minimum Gasteiger partial charge on any atom is -0.330 e. The molecule has 0 radical (unpaired) electrons. The van der Waals surface area contributed by atoms with Crippen LogP contribution in [0.15, 0.2) is 23.1 Å². The molecule has 2 rings (SSSR count). The van der Waals surface area contributed by atoms with E-state index < -0.39 is 10.0 Å². The summed E-state index contributed by atoms with van der Waals surface area (Å²) in [5, 5.41) is 9.32. The van der Waals surface area contributed by atoms with Crippen LogP contribution in [0, 0.1) is 17.2 Å². The average molecular weight is 300 g/mol. The van der Waals surface area contributed by atoms with Crippen LogP contribution in [-0.2, 0) is 10.0 Å². The lowest BCUT2D eigenvalue weighted by atomic mass is 10.1. The Hall–Kier alpha value is -1.13. The van der Waals surface area contributed by atoms with E-state index in [1.165, 1.54) is 22.5 Å². The van der Waals surface area contributed by atoms with Crippen LogP contribution in [0.5, 0.6) is 0 Å². The molecule has 1 fully saturated rings. The molecule has 1 aliphatic heterocycles. The van der Waals surface area contributed by atoms with Gasteiger partial charge >= 0.3 is 0 Å². The second-order valence-corrected chi connectivity index (χ2v) is 6.85. The molecule has 0 aliphatic carbocycles. The maximum absolute atomic E-state index is 12.5. The summed E-state index contributed by atoms with van der Waals surface area (Å²) >= 11 is 5.83. The summed E-state index contributed by atoms with van der Waals surface area (Å²) in [4.78, 5) is -0.0276. The summed E-state index contributed by atoms with van der Waals surface area (Å²) in [7, 11) is -3.68. The highest BCUT2D eigenvalue weighted by Crippen LogP contribution is 2.27. The van der Waals surface area contributed by atoms with Gasteiger partial charge in [-0.15, -0.1) is 0 Å². The molecule has 0 spiro atoms. The number of hydrogen-bond donors (Lipinski definition) is 1. The first-order valence-corrected chi connectivity index (χ1v) is 7.70. The topological polar surface area (TPSA) is 87.2 Å². The van der Waals surface area contributed by atoms with Crippen molar-refractivity contribution >= 4 is 21.6 Å². The van der Waals surface area contributed by atoms with E-state index in [4.69, 9.17) is 22.6 Å². The Kier molecular flexibility index (Phi) is 4.11. The van der Waals surface area contributed by atoms with E-state index in [0.717, 1.165) is 6.42 Å². The standard InChI is InChI=1S/C12H14ClN3O2S/c13-11-2-1-10(7-15)12(5-11)19(17,18)16-4-3-9(6-14)8-16/h1-2,5,9H,3-4,6,8,14H2. The zero-order chi connectivity index (χ0) is 14.0. The van der Waals surface area contributed by atoms with Crippen LogP contribution in [0.3, 0.4) is 0 Å². The molecule has 0 saturated carbocycles. The molecule has 1 aliphatic rings. The van der Waals surface area contributed by atoms with E-state index in [-0.39, 0.29) is 16.4 Å². The van der Waals surface area contributed by atoms with Gasteiger partial charge in [0.25, 0.3) is 0 Å². The first-order valence-electron chi connectivity index (χ1n) is 5.89. The number of halogens is 1. The number of rotatable bonds is 3. The summed E-state index contributed by atoms with van der Waals surface area (Å²) in [6.07, 6.45) is 0.748. The van der Waals surface area contributed by atoms with Crippen molar-refractivity contribution in [3.63, 3.8) is 0 Å². The van der Waals surface area contributed by atoms with Crippen LogP contribution in [0.2, 0.25) is 5.02 Å². The van der Waals surface area contributed by atoms with Crippen molar-refractivity contribution in [1.29, 1.82) is 5.26 Å². The molecule has 19 heavy (non-hydrogen) atoms. The molecular formula is C12H14ClN3O2S. The average Bonchev–Trinajstić information content (AvgIpc) is 2.88. The number of nitrogens with two attached hydrogens (primary N) is 1. The van der Waals surface area contributed by atoms with Gasteiger partial charge in [0, 0.05) is 18.1 Å². The molecule has 1 atom stereocenters. The van der Waals surface area contributed by atoms with Gasteiger partial charge in [-0.05, 0) is 37.1 Å². The van der Waals surface area contributed by atoms with Crippen LogP contribution in [0.25, 0.3) is 0 Å². The van der Waals surface area contributed by atoms with E-state index in [2.05, 4.69) is 0 Å². The van der Waals surface area contributed by atoms with Gasteiger partial charge in [-0.2, -0.15) is 9.57 Å². The SMILES string of the molecule is N#Cc1ccc(Cl)cc1S(=O)(=O)N1CCC(CN)C1. The fourth-order valence-electron chi connectivity index (χ4n) is 2.15. The Balaban J connectivity index is 2.41. The van der Waals surface area contributed by atoms with Crippen LogP contribution >= 0.6 is 11.6 Å². The van der Waals surface area contributed by atoms with E-state index in [1.54, 1.807) is 0 Å². The minimum atomic E-state index is -3.68. The lowest BCUT2D eigenvalue weighted by Gasteiger charge is -2.17. The van der Waals surface area contributed by atoms with Gasteiger partial charge in [-0.3, -0.25) is 0 Å². The third-order valence-corrected chi connectivity index (χ3v) is 5.40. The van der Waals surface area contributed by atoms with Gasteiger partial charge in [0.1, 0.15) is 11.0 Å². The van der Waals surface area contributed by atoms with Crippen LogP contribution in [-0.4, -0.2) is 32.4 Å². The van der Waals surface area contributed by atoms with Crippen molar-refractivity contribution in [2.75, 3.05) is 19.6 Å². The lowest BCUT2D eigenvalue weighted by molar-refractivity contribution is 0.459. The van der Waals surface area contributed by atoms with Crippen molar-refractivity contribution in [2.24, 2.45) is 11.7 Å². The molecule has 1 aromatic carbocycles. The molecule has 102 valence electrons. The molecule has 0 amide bonds. The Morgan fingerprint density at radius 1 is 1.53 bits per heavy atom. The molecular weight excluding hydrogens is 286 g/mol. The molecule has 1 aromatic rings. The van der Waals surface area contributed by atoms with E-state index in [9.17, 15) is 8.42 Å². The van der Waals surface area contributed by atoms with Crippen LogP contribution in [0.4, 0.5) is 0 Å². The molecule has 1 saturated heterocycles. The number of hydrogen-bond acceptors (Lipinski definition) is 4. The molecule has 0 aromatic heterocycles. The smallest absolute Gasteiger partial charge is 0.244 e. The first kappa shape index (κ1) is 14.3. The highest BCUT2D eigenvalue weighted by Gasteiger charge is 2.33. The van der Waals surface area contributed by atoms with Gasteiger partial charge in [-0.1, -0.05) is 11.6 Å². The quantitative estimate of drug-likeness (QED) is 0.908. The highest BCUT2D eigenvalue weighted by molar-refractivity contribution is 7.89. The fraction of sp³-hybridized carbons (Fsp3) is 0.417. The summed E-state index contributed by atoms with van der Waals surface area (Å²) < 4.78 is 26.4. The first-order chi connectivity index (χ1) is 8.98. The molecule has 7 heteroatoms. The van der Waals surface area contributed by atoms with Gasteiger partial charge < -0.3 is 5.73 Å². The lowest BCUT2D eigenvalue weighted by Crippen LogP contribution is -2.30. The third kappa shape index (κ3) is 2.74. The van der Waals surface area contributed by atoms with E-state index in [1.807, 2.05) is 6.07 Å². The number of nitrogens with zero attached hydrogens (tertiary/aromatic N) is 2. The normalized spacial score (nSPS) is 20.4. The van der Waals surface area contributed by atoms with Gasteiger partial charge in [0.2, 0.25) is 10.0 Å². The maximum atomic E-state index is 12.5. The maximum Gasteiger partial charge on any atom is 0.244 e. The van der Waals surface area contributed by atoms with Gasteiger partial charge in [-0.25, -0.2) is 8.42 Å². The summed E-state index contributed by atoms with van der Waals surface area (Å²) in [5.74, 6) is 0.180. The van der Waals surface area contributed by atoms with E-state index in [0.29, 0.717) is 24.7 Å². The number of sulfonamides is 1. The predicted molar refractivity (Wildman–Crippen MR) is 72.1 cm³/mol. The number of benzene rings is 1. The largest absolute Gasteiger partial charge is 0.330 e. The Morgan fingerprint density at radius 2 is 2.26 bits per heavy atom. The monoisotopic (exact) mass is 299 g/mol. The fourth-order valence-corrected chi connectivity index (χ4v) is 4.08. The van der Waals surface area contributed by atoms with Crippen LogP contribution < -0.4 is 5.73 Å². The van der Waals surface area contributed by atoms with Gasteiger partial charge in [0.05, 0.1) is 5.56 Å². The molecule has 1 unspecified atom stereocenters. The molecule has 2 N–H and O–H groups in total. The molecule has 5 nitrogen and oxygen atoms in total. The minimum absolute atomic E-state index is 0.0276. The molecule has 1 heterocycles. The Labute approximate surface area is 117 Å². The number of nitriles is 1. The van der Waals surface area contributed by atoms with Crippen molar-refractivity contribution < 1.29 is 8.42 Å². The zero-order valence-corrected chi connectivity index (χ0v) is 11.8. The highest BCUT2D eigenvalue weighted by atomic mass is 35.5. The summed E-state index contributed by atoms with van der Waals surface area (Å²) in [6.45, 7) is 1.30. The Morgan fingerprint density at radius 3 is 2.84 bits per heavy atom. The third-order valence-electron chi connectivity index (χ3n) is 3.26. The van der Waals surface area contributed by atoms with Crippen molar-refractivity contribution in [1.82, 2.24) is 4.31 Å². The predicted octanol–water partition coefficient (Wildman–Crippen LogP) is 1.18. The van der Waals surface area contributed by atoms with Crippen molar-refractivity contribution in [3.05, 3.63) is 28.8 Å². The summed E-state index contributed by atoms with van der Waals surface area (Å²) in [5.41, 5.74) is 5.67. The molecule has 0 bridgehead atoms.